The first kappa shape index (κ1) is 10.5. The zero-order valence-electron chi connectivity index (χ0n) is 8.97. The molecule has 1 nitrogen and oxygen atoms in total. The molecule has 13 heavy (non-hydrogen) atoms. The molecule has 2 atom stereocenters. The smallest absolute Gasteiger partial charge is 0.158 e. The van der Waals surface area contributed by atoms with E-state index >= 15 is 0 Å². The molecule has 0 aromatic rings. The minimum atomic E-state index is 0.318. The van der Waals surface area contributed by atoms with E-state index in [1.165, 1.54) is 18.4 Å². The standard InChI is InChI=1S/C12H20O/c1-4-5-6-11-7-9(2)10(3)8-12(11)13/h8-9,11H,4-7H2,1-3H3/t9-,11+/m1/s1. The molecule has 0 saturated carbocycles. The molecule has 0 bridgehead atoms. The molecule has 1 rings (SSSR count). The summed E-state index contributed by atoms with van der Waals surface area (Å²) >= 11 is 0. The fraction of sp³-hybridized carbons (Fsp3) is 0.750. The number of unbranched alkanes of at least 4 members (excludes halogenated alkanes) is 1. The van der Waals surface area contributed by atoms with E-state index in [0.717, 1.165) is 12.8 Å². The van der Waals surface area contributed by atoms with E-state index in [1.807, 2.05) is 6.08 Å². The summed E-state index contributed by atoms with van der Waals surface area (Å²) < 4.78 is 0. The summed E-state index contributed by atoms with van der Waals surface area (Å²) in [5, 5.41) is 0. The maximum atomic E-state index is 11.6. The zero-order valence-corrected chi connectivity index (χ0v) is 8.97. The fourth-order valence-corrected chi connectivity index (χ4v) is 1.92. The lowest BCUT2D eigenvalue weighted by atomic mass is 9.80. The van der Waals surface area contributed by atoms with E-state index in [2.05, 4.69) is 20.8 Å². The highest BCUT2D eigenvalue weighted by Crippen LogP contribution is 2.29. The summed E-state index contributed by atoms with van der Waals surface area (Å²) in [6.07, 6.45) is 6.40. The number of carbonyl (C=O) groups excluding carboxylic acids is 1. The summed E-state index contributed by atoms with van der Waals surface area (Å²) in [5.41, 5.74) is 1.26. The van der Waals surface area contributed by atoms with Crippen LogP contribution in [-0.2, 0) is 4.79 Å². The van der Waals surface area contributed by atoms with Crippen LogP contribution in [0.15, 0.2) is 11.6 Å². The lowest BCUT2D eigenvalue weighted by Gasteiger charge is -2.24. The van der Waals surface area contributed by atoms with Gasteiger partial charge in [-0.1, -0.05) is 32.3 Å². The van der Waals surface area contributed by atoms with Crippen molar-refractivity contribution in [3.05, 3.63) is 11.6 Å². The van der Waals surface area contributed by atoms with Gasteiger partial charge in [0.1, 0.15) is 0 Å². The van der Waals surface area contributed by atoms with Crippen molar-refractivity contribution in [2.45, 2.75) is 46.5 Å². The van der Waals surface area contributed by atoms with Crippen molar-refractivity contribution in [1.29, 1.82) is 0 Å². The Kier molecular flexibility index (Phi) is 3.71. The predicted molar refractivity (Wildman–Crippen MR) is 55.6 cm³/mol. The third kappa shape index (κ3) is 2.68. The first-order chi connectivity index (χ1) is 6.15. The van der Waals surface area contributed by atoms with Crippen molar-refractivity contribution in [3.8, 4) is 0 Å². The Morgan fingerprint density at radius 2 is 2.23 bits per heavy atom. The van der Waals surface area contributed by atoms with Crippen LogP contribution in [0.3, 0.4) is 0 Å². The molecule has 0 aromatic heterocycles. The highest BCUT2D eigenvalue weighted by Gasteiger charge is 2.24. The molecule has 0 spiro atoms. The molecular weight excluding hydrogens is 160 g/mol. The minimum Gasteiger partial charge on any atom is -0.295 e. The van der Waals surface area contributed by atoms with E-state index in [9.17, 15) is 4.79 Å². The van der Waals surface area contributed by atoms with Gasteiger partial charge in [-0.05, 0) is 31.8 Å². The Balaban J connectivity index is 2.55. The Bertz CT molecular complexity index is 215. The molecule has 0 fully saturated rings. The summed E-state index contributed by atoms with van der Waals surface area (Å²) in [5.74, 6) is 1.29. The van der Waals surface area contributed by atoms with E-state index < -0.39 is 0 Å². The van der Waals surface area contributed by atoms with Gasteiger partial charge >= 0.3 is 0 Å². The first-order valence-electron chi connectivity index (χ1n) is 5.37. The molecule has 0 amide bonds. The van der Waals surface area contributed by atoms with Gasteiger partial charge < -0.3 is 0 Å². The Morgan fingerprint density at radius 3 is 2.85 bits per heavy atom. The van der Waals surface area contributed by atoms with Crippen molar-refractivity contribution in [2.75, 3.05) is 0 Å². The van der Waals surface area contributed by atoms with E-state index in [0.29, 0.717) is 17.6 Å². The van der Waals surface area contributed by atoms with Crippen molar-refractivity contribution >= 4 is 5.78 Å². The second-order valence-electron chi connectivity index (χ2n) is 4.27. The number of hydrogen-bond donors (Lipinski definition) is 0. The van der Waals surface area contributed by atoms with Crippen LogP contribution < -0.4 is 0 Å². The molecule has 0 heterocycles. The summed E-state index contributed by atoms with van der Waals surface area (Å²) in [6, 6.07) is 0. The van der Waals surface area contributed by atoms with Gasteiger partial charge in [0.05, 0.1) is 0 Å². The third-order valence-corrected chi connectivity index (χ3v) is 3.09. The first-order valence-corrected chi connectivity index (χ1v) is 5.37. The molecule has 74 valence electrons. The van der Waals surface area contributed by atoms with Crippen LogP contribution in [0.5, 0.6) is 0 Å². The average Bonchev–Trinajstić information content (AvgIpc) is 2.09. The van der Waals surface area contributed by atoms with Gasteiger partial charge in [-0.15, -0.1) is 0 Å². The molecule has 0 aliphatic heterocycles. The quantitative estimate of drug-likeness (QED) is 0.651. The number of carbonyl (C=O) groups is 1. The largest absolute Gasteiger partial charge is 0.295 e. The van der Waals surface area contributed by atoms with E-state index in [-0.39, 0.29) is 0 Å². The van der Waals surface area contributed by atoms with Gasteiger partial charge in [-0.2, -0.15) is 0 Å². The Hall–Kier alpha value is -0.590. The molecule has 1 aliphatic carbocycles. The second kappa shape index (κ2) is 4.59. The normalized spacial score (nSPS) is 28.8. The molecule has 1 heteroatoms. The molecule has 0 N–H and O–H groups in total. The predicted octanol–water partition coefficient (Wildman–Crippen LogP) is 3.35. The van der Waals surface area contributed by atoms with Gasteiger partial charge in [-0.3, -0.25) is 4.79 Å². The Labute approximate surface area is 81.2 Å². The fourth-order valence-electron chi connectivity index (χ4n) is 1.92. The SMILES string of the molecule is CCCC[C@H]1C[C@@H](C)C(C)=CC1=O. The van der Waals surface area contributed by atoms with Gasteiger partial charge in [0.2, 0.25) is 0 Å². The zero-order chi connectivity index (χ0) is 9.84. The van der Waals surface area contributed by atoms with Crippen LogP contribution in [0.4, 0.5) is 0 Å². The molecule has 0 aromatic carbocycles. The van der Waals surface area contributed by atoms with Gasteiger partial charge in [0.15, 0.2) is 5.78 Å². The second-order valence-corrected chi connectivity index (χ2v) is 4.27. The lowest BCUT2D eigenvalue weighted by Crippen LogP contribution is -2.21. The number of allylic oxidation sites excluding steroid dienone is 2. The van der Waals surface area contributed by atoms with E-state index in [4.69, 9.17) is 0 Å². The summed E-state index contributed by atoms with van der Waals surface area (Å²) in [6.45, 7) is 6.47. The molecule has 0 radical (unpaired) electrons. The number of hydrogen-bond acceptors (Lipinski definition) is 1. The van der Waals surface area contributed by atoms with Crippen molar-refractivity contribution in [3.63, 3.8) is 0 Å². The van der Waals surface area contributed by atoms with Crippen LogP contribution in [0.1, 0.15) is 46.5 Å². The van der Waals surface area contributed by atoms with E-state index in [1.54, 1.807) is 0 Å². The third-order valence-electron chi connectivity index (χ3n) is 3.09. The van der Waals surface area contributed by atoms with Crippen LogP contribution in [0, 0.1) is 11.8 Å². The lowest BCUT2D eigenvalue weighted by molar-refractivity contribution is -0.119. The van der Waals surface area contributed by atoms with Gasteiger partial charge in [0, 0.05) is 5.92 Å². The Morgan fingerprint density at radius 1 is 1.54 bits per heavy atom. The van der Waals surface area contributed by atoms with Gasteiger partial charge in [0.25, 0.3) is 0 Å². The number of rotatable bonds is 3. The molecule has 1 aliphatic rings. The highest BCUT2D eigenvalue weighted by molar-refractivity contribution is 5.93. The monoisotopic (exact) mass is 180 g/mol. The van der Waals surface area contributed by atoms with Crippen LogP contribution in [0.25, 0.3) is 0 Å². The van der Waals surface area contributed by atoms with Gasteiger partial charge in [-0.25, -0.2) is 0 Å². The van der Waals surface area contributed by atoms with Crippen LogP contribution in [0.2, 0.25) is 0 Å². The summed E-state index contributed by atoms with van der Waals surface area (Å²) in [4.78, 5) is 11.6. The van der Waals surface area contributed by atoms with Crippen LogP contribution in [-0.4, -0.2) is 5.78 Å². The minimum absolute atomic E-state index is 0.318. The molecule has 0 saturated heterocycles. The molecule has 0 unspecified atom stereocenters. The van der Waals surface area contributed by atoms with Crippen molar-refractivity contribution in [1.82, 2.24) is 0 Å². The molecular formula is C12H20O. The van der Waals surface area contributed by atoms with Crippen molar-refractivity contribution < 1.29 is 4.79 Å². The summed E-state index contributed by atoms with van der Waals surface area (Å²) in [7, 11) is 0. The maximum absolute atomic E-state index is 11.6. The average molecular weight is 180 g/mol. The van der Waals surface area contributed by atoms with Crippen molar-refractivity contribution in [2.24, 2.45) is 11.8 Å². The maximum Gasteiger partial charge on any atom is 0.158 e. The number of ketones is 1. The highest BCUT2D eigenvalue weighted by atomic mass is 16.1. The topological polar surface area (TPSA) is 17.1 Å². The van der Waals surface area contributed by atoms with Crippen LogP contribution >= 0.6 is 0 Å².